The Hall–Kier alpha value is -2.20. The van der Waals surface area contributed by atoms with Gasteiger partial charge in [0.1, 0.15) is 12.4 Å². The van der Waals surface area contributed by atoms with Gasteiger partial charge in [0.15, 0.2) is 11.8 Å². The second-order valence-corrected chi connectivity index (χ2v) is 8.36. The minimum absolute atomic E-state index is 0.0847. The summed E-state index contributed by atoms with van der Waals surface area (Å²) in [6.07, 6.45) is 2.45. The summed E-state index contributed by atoms with van der Waals surface area (Å²) in [6.45, 7) is 11.7. The second-order valence-electron chi connectivity index (χ2n) is 8.36. The Morgan fingerprint density at radius 1 is 1.27 bits per heavy atom. The summed E-state index contributed by atoms with van der Waals surface area (Å²) in [5, 5.41) is 14.8. The first kappa shape index (κ1) is 22.5. The predicted molar refractivity (Wildman–Crippen MR) is 115 cm³/mol. The lowest BCUT2D eigenvalue weighted by molar-refractivity contribution is -0.123. The molecule has 30 heavy (non-hydrogen) atoms. The molecule has 0 aliphatic carbocycles. The van der Waals surface area contributed by atoms with Gasteiger partial charge in [-0.25, -0.2) is 4.99 Å². The van der Waals surface area contributed by atoms with Gasteiger partial charge in [0.05, 0.1) is 12.6 Å². The molecule has 2 fully saturated rings. The van der Waals surface area contributed by atoms with Gasteiger partial charge in [-0.3, -0.25) is 9.69 Å². The number of aryl methyl sites for hydroxylation is 1. The van der Waals surface area contributed by atoms with E-state index in [0.29, 0.717) is 13.1 Å². The molecule has 0 bridgehead atoms. The van der Waals surface area contributed by atoms with E-state index in [1.165, 1.54) is 0 Å². The number of nitrogens with one attached hydrogen (secondary N) is 2. The zero-order valence-electron chi connectivity index (χ0n) is 18.7. The Bertz CT molecular complexity index is 718. The van der Waals surface area contributed by atoms with Gasteiger partial charge in [0, 0.05) is 52.4 Å². The average molecular weight is 421 g/mol. The molecule has 1 aromatic heterocycles. The Balaban J connectivity index is 1.58. The fraction of sp³-hybridized carbons (Fsp3) is 0.800. The number of ether oxygens (including phenoxy) is 1. The van der Waals surface area contributed by atoms with Crippen LogP contribution in [0.2, 0.25) is 0 Å². The molecular weight excluding hydrogens is 384 g/mol. The van der Waals surface area contributed by atoms with Crippen LogP contribution in [0.5, 0.6) is 0 Å². The minimum Gasteiger partial charge on any atom is -0.376 e. The Labute approximate surface area is 179 Å². The molecule has 0 aromatic carbocycles. The van der Waals surface area contributed by atoms with Crippen molar-refractivity contribution in [3.8, 4) is 0 Å². The lowest BCUT2D eigenvalue weighted by Gasteiger charge is -2.36. The van der Waals surface area contributed by atoms with Crippen LogP contribution in [0.4, 0.5) is 0 Å². The van der Waals surface area contributed by atoms with Crippen LogP contribution in [0.1, 0.15) is 38.3 Å². The van der Waals surface area contributed by atoms with Crippen LogP contribution >= 0.6 is 0 Å². The van der Waals surface area contributed by atoms with E-state index < -0.39 is 0 Å². The number of guanidine groups is 1. The smallest absolute Gasteiger partial charge is 0.234 e. The molecule has 1 unspecified atom stereocenters. The zero-order valence-corrected chi connectivity index (χ0v) is 18.7. The number of carbonyl (C=O) groups excluding carboxylic acids is 1. The molecule has 168 valence electrons. The third-order valence-electron chi connectivity index (χ3n) is 5.55. The number of carbonyl (C=O) groups is 1. The van der Waals surface area contributed by atoms with Crippen LogP contribution in [0, 0.1) is 6.92 Å². The van der Waals surface area contributed by atoms with E-state index in [0.717, 1.165) is 69.8 Å². The van der Waals surface area contributed by atoms with Crippen molar-refractivity contribution in [2.24, 2.45) is 12.0 Å². The molecule has 3 rings (SSSR count). The average Bonchev–Trinajstić information content (AvgIpc) is 3.33. The molecule has 1 amide bonds. The van der Waals surface area contributed by atoms with E-state index in [1.807, 2.05) is 32.4 Å². The number of hydrogen-bond acceptors (Lipinski definition) is 6. The summed E-state index contributed by atoms with van der Waals surface area (Å²) < 4.78 is 7.72. The number of amides is 1. The van der Waals surface area contributed by atoms with Gasteiger partial charge < -0.3 is 24.8 Å². The first-order chi connectivity index (χ1) is 14.4. The van der Waals surface area contributed by atoms with Crippen molar-refractivity contribution in [2.45, 2.75) is 52.3 Å². The van der Waals surface area contributed by atoms with E-state index in [1.54, 1.807) is 0 Å². The fourth-order valence-corrected chi connectivity index (χ4v) is 3.70. The van der Waals surface area contributed by atoms with Crippen LogP contribution in [0.15, 0.2) is 4.99 Å². The maximum absolute atomic E-state index is 12.0. The third-order valence-corrected chi connectivity index (χ3v) is 5.55. The maximum Gasteiger partial charge on any atom is 0.234 e. The monoisotopic (exact) mass is 420 g/mol. The van der Waals surface area contributed by atoms with Crippen LogP contribution in [0.25, 0.3) is 0 Å². The van der Waals surface area contributed by atoms with Gasteiger partial charge in [0.2, 0.25) is 5.91 Å². The van der Waals surface area contributed by atoms with Crippen molar-refractivity contribution in [1.82, 2.24) is 35.2 Å². The summed E-state index contributed by atoms with van der Waals surface area (Å²) in [7, 11) is 1.96. The fourth-order valence-electron chi connectivity index (χ4n) is 3.70. The molecule has 0 saturated carbocycles. The van der Waals surface area contributed by atoms with Crippen molar-refractivity contribution in [1.29, 1.82) is 0 Å². The molecule has 2 N–H and O–H groups in total. The quantitative estimate of drug-likeness (QED) is 0.469. The first-order valence-corrected chi connectivity index (χ1v) is 10.9. The number of aromatic nitrogens is 3. The number of nitrogens with zero attached hydrogens (tertiary/aromatic N) is 6. The SMILES string of the molecule is Cc1nnc(CN=C(NCC2CCCO2)N2CCN(CC(=O)NC(C)C)CC2)n1C. The molecule has 1 aromatic rings. The molecule has 2 saturated heterocycles. The molecule has 1 atom stereocenters. The molecule has 10 nitrogen and oxygen atoms in total. The summed E-state index contributed by atoms with van der Waals surface area (Å²) in [4.78, 5) is 21.3. The number of hydrogen-bond donors (Lipinski definition) is 2. The van der Waals surface area contributed by atoms with E-state index in [4.69, 9.17) is 9.73 Å². The number of aliphatic imine (C=N–C) groups is 1. The maximum atomic E-state index is 12.0. The lowest BCUT2D eigenvalue weighted by atomic mass is 10.2. The van der Waals surface area contributed by atoms with E-state index in [9.17, 15) is 4.79 Å². The highest BCUT2D eigenvalue weighted by Gasteiger charge is 2.23. The third kappa shape index (κ3) is 6.40. The second kappa shape index (κ2) is 10.7. The zero-order chi connectivity index (χ0) is 21.5. The van der Waals surface area contributed by atoms with Gasteiger partial charge in [0.25, 0.3) is 0 Å². The largest absolute Gasteiger partial charge is 0.376 e. The molecule has 0 spiro atoms. The number of piperazine rings is 1. The highest BCUT2D eigenvalue weighted by Crippen LogP contribution is 2.11. The van der Waals surface area contributed by atoms with Crippen molar-refractivity contribution < 1.29 is 9.53 Å². The van der Waals surface area contributed by atoms with Crippen LogP contribution in [-0.2, 0) is 23.1 Å². The van der Waals surface area contributed by atoms with Gasteiger partial charge in [-0.1, -0.05) is 0 Å². The standard InChI is InChI=1S/C20H36N8O2/c1-15(2)23-19(29)14-27-7-9-28(10-8-27)20(21-12-17-6-5-11-30-17)22-13-18-25-24-16(3)26(18)4/h15,17H,5-14H2,1-4H3,(H,21,22)(H,23,29). The topological polar surface area (TPSA) is 99.9 Å². The van der Waals surface area contributed by atoms with Gasteiger partial charge in [-0.05, 0) is 33.6 Å². The van der Waals surface area contributed by atoms with E-state index in [-0.39, 0.29) is 18.1 Å². The van der Waals surface area contributed by atoms with Gasteiger partial charge >= 0.3 is 0 Å². The van der Waals surface area contributed by atoms with Crippen LogP contribution < -0.4 is 10.6 Å². The van der Waals surface area contributed by atoms with Crippen molar-refractivity contribution in [3.05, 3.63) is 11.6 Å². The molecule has 10 heteroatoms. The summed E-state index contributed by atoms with van der Waals surface area (Å²) in [6, 6.07) is 0.170. The predicted octanol–water partition coefficient (Wildman–Crippen LogP) is -0.110. The molecule has 0 radical (unpaired) electrons. The highest BCUT2D eigenvalue weighted by atomic mass is 16.5. The Kier molecular flexibility index (Phi) is 8.03. The summed E-state index contributed by atoms with van der Waals surface area (Å²) in [5.41, 5.74) is 0. The normalized spacial score (nSPS) is 20.8. The molecular formula is C20H36N8O2. The molecule has 2 aliphatic heterocycles. The van der Waals surface area contributed by atoms with Gasteiger partial charge in [-0.15, -0.1) is 10.2 Å². The van der Waals surface area contributed by atoms with Gasteiger partial charge in [-0.2, -0.15) is 0 Å². The first-order valence-electron chi connectivity index (χ1n) is 10.9. The van der Waals surface area contributed by atoms with E-state index >= 15 is 0 Å². The van der Waals surface area contributed by atoms with E-state index in [2.05, 4.69) is 30.6 Å². The van der Waals surface area contributed by atoms with Crippen LogP contribution in [-0.4, -0.2) is 94.5 Å². The van der Waals surface area contributed by atoms with Crippen molar-refractivity contribution in [3.63, 3.8) is 0 Å². The van der Waals surface area contributed by atoms with Crippen molar-refractivity contribution >= 4 is 11.9 Å². The Morgan fingerprint density at radius 3 is 2.63 bits per heavy atom. The van der Waals surface area contributed by atoms with Crippen LogP contribution in [0.3, 0.4) is 0 Å². The minimum atomic E-state index is 0.0847. The summed E-state index contributed by atoms with van der Waals surface area (Å²) in [5.74, 6) is 2.68. The Morgan fingerprint density at radius 2 is 2.03 bits per heavy atom. The molecule has 2 aliphatic rings. The summed E-state index contributed by atoms with van der Waals surface area (Å²) >= 11 is 0. The molecule has 3 heterocycles. The number of rotatable bonds is 7. The van der Waals surface area contributed by atoms with Crippen molar-refractivity contribution in [2.75, 3.05) is 45.9 Å². The highest BCUT2D eigenvalue weighted by molar-refractivity contribution is 5.80. The lowest BCUT2D eigenvalue weighted by Crippen LogP contribution is -2.55.